The van der Waals surface area contributed by atoms with E-state index >= 15 is 0 Å². The predicted octanol–water partition coefficient (Wildman–Crippen LogP) is 5.33. The number of rotatable bonds is 5. The van der Waals surface area contributed by atoms with Crippen molar-refractivity contribution in [3.05, 3.63) is 72.0 Å². The van der Waals surface area contributed by atoms with E-state index in [4.69, 9.17) is 0 Å². The average molecular weight is 309 g/mol. The second-order valence-electron chi connectivity index (χ2n) is 6.07. The zero-order valence-electron chi connectivity index (χ0n) is 13.4. The fourth-order valence-corrected chi connectivity index (χ4v) is 3.05. The number of hydrogen-bond donors (Lipinski definition) is 2. The number of aryl methyl sites for hydroxylation is 1. The van der Waals surface area contributed by atoms with Gasteiger partial charge in [0.1, 0.15) is 0 Å². The molecule has 0 aliphatic heterocycles. The summed E-state index contributed by atoms with van der Waals surface area (Å²) in [6, 6.07) is 10.3. The smallest absolute Gasteiger partial charge is 0.153 e. The lowest BCUT2D eigenvalue weighted by Gasteiger charge is -2.17. The predicted molar refractivity (Wildman–Crippen MR) is 93.6 cm³/mol. The van der Waals surface area contributed by atoms with E-state index in [0.717, 1.165) is 19.4 Å². The van der Waals surface area contributed by atoms with Crippen LogP contribution in [0.1, 0.15) is 37.7 Å². The summed E-state index contributed by atoms with van der Waals surface area (Å²) in [7, 11) is 0. The van der Waals surface area contributed by atoms with Crippen LogP contribution in [0.25, 0.3) is 11.1 Å². The first-order chi connectivity index (χ1) is 11.2. The molecule has 1 aliphatic rings. The molecule has 0 saturated heterocycles. The maximum absolute atomic E-state index is 9.86. The molecule has 1 aromatic heterocycles. The molecule has 3 nitrogen and oxygen atoms in total. The molecule has 0 saturated carbocycles. The molecule has 1 aromatic carbocycles. The van der Waals surface area contributed by atoms with Gasteiger partial charge in [-0.2, -0.15) is 0 Å². The number of hydrogen-bond acceptors (Lipinski definition) is 2. The molecule has 3 rings (SSSR count). The van der Waals surface area contributed by atoms with Gasteiger partial charge in [0, 0.05) is 30.4 Å². The molecular weight excluding hydrogens is 286 g/mol. The second kappa shape index (κ2) is 6.78. The Kier molecular flexibility index (Phi) is 4.56. The van der Waals surface area contributed by atoms with Crippen molar-refractivity contribution in [3.8, 4) is 11.1 Å². The summed E-state index contributed by atoms with van der Waals surface area (Å²) in [5.41, 5.74) is 3.58. The third kappa shape index (κ3) is 3.34. The average Bonchev–Trinajstić information content (AvgIpc) is 3.00. The molecule has 120 valence electrons. The summed E-state index contributed by atoms with van der Waals surface area (Å²) >= 11 is 0. The van der Waals surface area contributed by atoms with Gasteiger partial charge in [0.2, 0.25) is 0 Å². The molecule has 2 N–H and O–H groups in total. The number of benzene rings is 1. The van der Waals surface area contributed by atoms with Crippen LogP contribution in [0.5, 0.6) is 0 Å². The van der Waals surface area contributed by atoms with Crippen LogP contribution in [0.4, 0.5) is 0 Å². The van der Waals surface area contributed by atoms with E-state index in [9.17, 15) is 10.2 Å². The normalized spacial score (nSPS) is 17.7. The molecule has 0 radical (unpaired) electrons. The SMILES string of the molecule is CCCCn1cc(-c2ccccc2)c(C2C=C(O)C(O)=CC2)c1. The van der Waals surface area contributed by atoms with Crippen LogP contribution >= 0.6 is 0 Å². The van der Waals surface area contributed by atoms with Gasteiger partial charge in [0.05, 0.1) is 0 Å². The number of aliphatic hydroxyl groups excluding tert-OH is 2. The number of nitrogens with zero attached hydrogens (tertiary/aromatic N) is 1. The summed E-state index contributed by atoms with van der Waals surface area (Å²) in [4.78, 5) is 0. The third-order valence-corrected chi connectivity index (χ3v) is 4.35. The lowest BCUT2D eigenvalue weighted by atomic mass is 9.89. The monoisotopic (exact) mass is 309 g/mol. The van der Waals surface area contributed by atoms with Crippen molar-refractivity contribution >= 4 is 0 Å². The second-order valence-corrected chi connectivity index (χ2v) is 6.07. The Balaban J connectivity index is 1.99. The van der Waals surface area contributed by atoms with Crippen molar-refractivity contribution in [2.75, 3.05) is 0 Å². The van der Waals surface area contributed by atoms with E-state index in [-0.39, 0.29) is 17.4 Å². The summed E-state index contributed by atoms with van der Waals surface area (Å²) in [5.74, 6) is 0.0403. The van der Waals surface area contributed by atoms with Crippen LogP contribution < -0.4 is 0 Å². The molecule has 0 amide bonds. The highest BCUT2D eigenvalue weighted by molar-refractivity contribution is 5.68. The molecule has 1 aliphatic carbocycles. The van der Waals surface area contributed by atoms with Gasteiger partial charge in [0.15, 0.2) is 11.5 Å². The summed E-state index contributed by atoms with van der Waals surface area (Å²) < 4.78 is 2.24. The van der Waals surface area contributed by atoms with Gasteiger partial charge >= 0.3 is 0 Å². The maximum atomic E-state index is 9.86. The van der Waals surface area contributed by atoms with Gasteiger partial charge < -0.3 is 14.8 Å². The number of allylic oxidation sites excluding steroid dienone is 2. The minimum atomic E-state index is -0.0263. The van der Waals surface area contributed by atoms with E-state index in [1.807, 2.05) is 18.2 Å². The Morgan fingerprint density at radius 3 is 2.57 bits per heavy atom. The summed E-state index contributed by atoms with van der Waals surface area (Å²) in [6.45, 7) is 3.19. The molecule has 1 unspecified atom stereocenters. The van der Waals surface area contributed by atoms with Crippen LogP contribution in [-0.2, 0) is 6.54 Å². The fourth-order valence-electron chi connectivity index (χ4n) is 3.05. The first-order valence-electron chi connectivity index (χ1n) is 8.24. The van der Waals surface area contributed by atoms with Crippen molar-refractivity contribution in [2.45, 2.75) is 38.6 Å². The third-order valence-electron chi connectivity index (χ3n) is 4.35. The zero-order chi connectivity index (χ0) is 16.2. The molecule has 0 bridgehead atoms. The first-order valence-corrected chi connectivity index (χ1v) is 8.24. The minimum absolute atomic E-state index is 0.0204. The summed E-state index contributed by atoms with van der Waals surface area (Å²) in [6.07, 6.45) is 10.8. The van der Waals surface area contributed by atoms with E-state index in [1.165, 1.54) is 16.7 Å². The molecule has 1 atom stereocenters. The van der Waals surface area contributed by atoms with Gasteiger partial charge in [-0.3, -0.25) is 0 Å². The van der Waals surface area contributed by atoms with Crippen LogP contribution in [0, 0.1) is 0 Å². The van der Waals surface area contributed by atoms with Crippen molar-refractivity contribution in [3.63, 3.8) is 0 Å². The Bertz CT molecular complexity index is 725. The first kappa shape index (κ1) is 15.5. The Morgan fingerprint density at radius 2 is 1.87 bits per heavy atom. The molecule has 0 spiro atoms. The van der Waals surface area contributed by atoms with Crippen LogP contribution in [-0.4, -0.2) is 14.8 Å². The van der Waals surface area contributed by atoms with Gasteiger partial charge in [-0.1, -0.05) is 43.7 Å². The van der Waals surface area contributed by atoms with Gasteiger partial charge in [-0.25, -0.2) is 0 Å². The Morgan fingerprint density at radius 1 is 1.09 bits per heavy atom. The number of unbranched alkanes of at least 4 members (excludes halogenated alkanes) is 1. The van der Waals surface area contributed by atoms with Crippen LogP contribution in [0.15, 0.2) is 66.4 Å². The highest BCUT2D eigenvalue weighted by atomic mass is 16.3. The molecule has 1 heterocycles. The van der Waals surface area contributed by atoms with Crippen molar-refractivity contribution < 1.29 is 10.2 Å². The topological polar surface area (TPSA) is 45.4 Å². The maximum Gasteiger partial charge on any atom is 0.153 e. The van der Waals surface area contributed by atoms with Crippen LogP contribution in [0.2, 0.25) is 0 Å². The van der Waals surface area contributed by atoms with Gasteiger partial charge in [-0.05, 0) is 36.1 Å². The lowest BCUT2D eigenvalue weighted by Crippen LogP contribution is -2.03. The highest BCUT2D eigenvalue weighted by Crippen LogP contribution is 2.36. The largest absolute Gasteiger partial charge is 0.504 e. The summed E-state index contributed by atoms with van der Waals surface area (Å²) in [5, 5.41) is 19.4. The highest BCUT2D eigenvalue weighted by Gasteiger charge is 2.21. The molecule has 2 aromatic rings. The molecule has 3 heteroatoms. The van der Waals surface area contributed by atoms with Crippen LogP contribution in [0.3, 0.4) is 0 Å². The molecule has 0 fully saturated rings. The number of aliphatic hydroxyl groups is 2. The van der Waals surface area contributed by atoms with E-state index < -0.39 is 0 Å². The Hall–Kier alpha value is -2.42. The quantitative estimate of drug-likeness (QED) is 0.784. The lowest BCUT2D eigenvalue weighted by molar-refractivity contribution is 0.317. The van der Waals surface area contributed by atoms with Gasteiger partial charge in [-0.15, -0.1) is 0 Å². The van der Waals surface area contributed by atoms with E-state index in [1.54, 1.807) is 12.2 Å². The standard InChI is InChI=1S/C20H23NO2/c1-2-3-11-21-13-17(15-7-5-4-6-8-15)18(14-21)16-9-10-19(22)20(23)12-16/h4-8,10,12-14,16,22-23H,2-3,9,11H2,1H3. The molecular formula is C20H23NO2. The van der Waals surface area contributed by atoms with Crippen molar-refractivity contribution in [1.29, 1.82) is 0 Å². The number of aromatic nitrogens is 1. The fraction of sp³-hybridized carbons (Fsp3) is 0.300. The minimum Gasteiger partial charge on any atom is -0.504 e. The zero-order valence-corrected chi connectivity index (χ0v) is 13.4. The van der Waals surface area contributed by atoms with E-state index in [2.05, 4.69) is 36.0 Å². The van der Waals surface area contributed by atoms with Gasteiger partial charge in [0.25, 0.3) is 0 Å². The van der Waals surface area contributed by atoms with Crippen molar-refractivity contribution in [2.24, 2.45) is 0 Å². The van der Waals surface area contributed by atoms with E-state index in [0.29, 0.717) is 6.42 Å². The Labute approximate surface area is 137 Å². The van der Waals surface area contributed by atoms with Crippen molar-refractivity contribution in [1.82, 2.24) is 4.57 Å². The molecule has 23 heavy (non-hydrogen) atoms.